The lowest BCUT2D eigenvalue weighted by atomic mass is 10.0. The van der Waals surface area contributed by atoms with Crippen LogP contribution in [0, 0.1) is 6.92 Å². The second kappa shape index (κ2) is 8.71. The molecule has 3 heterocycles. The van der Waals surface area contributed by atoms with Crippen LogP contribution in [0.2, 0.25) is 0 Å². The van der Waals surface area contributed by atoms with Gasteiger partial charge in [0.25, 0.3) is 5.91 Å². The first-order valence-electron chi connectivity index (χ1n) is 9.05. The number of aromatic nitrogens is 4. The van der Waals surface area contributed by atoms with Gasteiger partial charge in [-0.05, 0) is 44.9 Å². The molecule has 1 saturated heterocycles. The van der Waals surface area contributed by atoms with Crippen LogP contribution in [0.1, 0.15) is 47.6 Å². The van der Waals surface area contributed by atoms with Gasteiger partial charge in [-0.3, -0.25) is 14.5 Å². The van der Waals surface area contributed by atoms with Crippen LogP contribution in [0.25, 0.3) is 0 Å². The number of piperidine rings is 1. The number of aryl methyl sites for hydroxylation is 2. The van der Waals surface area contributed by atoms with Gasteiger partial charge in [-0.1, -0.05) is 17.7 Å². The molecule has 1 fully saturated rings. The summed E-state index contributed by atoms with van der Waals surface area (Å²) in [5.74, 6) is -0.185. The van der Waals surface area contributed by atoms with Crippen LogP contribution in [-0.4, -0.2) is 45.0 Å². The number of carbonyl (C=O) groups is 1. The van der Waals surface area contributed by atoms with Crippen molar-refractivity contribution in [1.29, 1.82) is 0 Å². The zero-order chi connectivity index (χ0) is 17.5. The third-order valence-corrected chi connectivity index (χ3v) is 4.50. The van der Waals surface area contributed by atoms with Crippen molar-refractivity contribution in [2.75, 3.05) is 13.1 Å². The summed E-state index contributed by atoms with van der Waals surface area (Å²) in [5.41, 5.74) is 2.33. The van der Waals surface area contributed by atoms with Gasteiger partial charge < -0.3 is 10.6 Å². The molecule has 0 aromatic carbocycles. The van der Waals surface area contributed by atoms with Crippen LogP contribution in [0.3, 0.4) is 0 Å². The van der Waals surface area contributed by atoms with Crippen molar-refractivity contribution >= 4 is 5.91 Å². The van der Waals surface area contributed by atoms with E-state index < -0.39 is 0 Å². The Kier molecular flexibility index (Phi) is 6.11. The topological polar surface area (TPSA) is 84.7 Å². The predicted molar refractivity (Wildman–Crippen MR) is 95.3 cm³/mol. The molecule has 7 nitrogen and oxygen atoms in total. The molecular weight excluding hydrogens is 316 g/mol. The van der Waals surface area contributed by atoms with E-state index in [0.29, 0.717) is 24.7 Å². The second-order valence-corrected chi connectivity index (χ2v) is 6.58. The van der Waals surface area contributed by atoms with Gasteiger partial charge in [0.05, 0.1) is 6.20 Å². The minimum Gasteiger partial charge on any atom is -0.350 e. The SMILES string of the molecule is Cc1cccc(CCNC(=O)c2cn(CC[C@@H]3CCCCN3)nn2)n1. The summed E-state index contributed by atoms with van der Waals surface area (Å²) >= 11 is 0. The van der Waals surface area contributed by atoms with Crippen LogP contribution in [0.15, 0.2) is 24.4 Å². The van der Waals surface area contributed by atoms with Gasteiger partial charge in [-0.25, -0.2) is 0 Å². The van der Waals surface area contributed by atoms with Crippen LogP contribution in [-0.2, 0) is 13.0 Å². The Hall–Kier alpha value is -2.28. The molecule has 7 heteroatoms. The van der Waals surface area contributed by atoms with Crippen molar-refractivity contribution in [2.24, 2.45) is 0 Å². The molecule has 1 aliphatic rings. The smallest absolute Gasteiger partial charge is 0.273 e. The van der Waals surface area contributed by atoms with Crippen LogP contribution < -0.4 is 10.6 Å². The molecule has 0 radical (unpaired) electrons. The molecule has 2 aromatic heterocycles. The maximum Gasteiger partial charge on any atom is 0.273 e. The highest BCUT2D eigenvalue weighted by molar-refractivity contribution is 5.91. The number of nitrogens with zero attached hydrogens (tertiary/aromatic N) is 4. The van der Waals surface area contributed by atoms with E-state index in [1.165, 1.54) is 19.3 Å². The molecule has 25 heavy (non-hydrogen) atoms. The highest BCUT2D eigenvalue weighted by Gasteiger charge is 2.14. The highest BCUT2D eigenvalue weighted by Crippen LogP contribution is 2.10. The van der Waals surface area contributed by atoms with Crippen molar-refractivity contribution in [3.63, 3.8) is 0 Å². The van der Waals surface area contributed by atoms with Gasteiger partial charge in [0, 0.05) is 36.9 Å². The van der Waals surface area contributed by atoms with Crippen molar-refractivity contribution in [3.8, 4) is 0 Å². The molecule has 0 saturated carbocycles. The Bertz CT molecular complexity index is 692. The van der Waals surface area contributed by atoms with E-state index >= 15 is 0 Å². The third-order valence-electron chi connectivity index (χ3n) is 4.50. The Morgan fingerprint density at radius 1 is 1.40 bits per heavy atom. The van der Waals surface area contributed by atoms with E-state index in [9.17, 15) is 4.79 Å². The summed E-state index contributed by atoms with van der Waals surface area (Å²) in [6.45, 7) is 4.38. The molecule has 1 atom stereocenters. The van der Waals surface area contributed by atoms with E-state index in [2.05, 4.69) is 25.9 Å². The maximum atomic E-state index is 12.2. The number of amides is 1. The van der Waals surface area contributed by atoms with Gasteiger partial charge >= 0.3 is 0 Å². The minimum atomic E-state index is -0.185. The minimum absolute atomic E-state index is 0.185. The predicted octanol–water partition coefficient (Wildman–Crippen LogP) is 1.49. The maximum absolute atomic E-state index is 12.2. The zero-order valence-corrected chi connectivity index (χ0v) is 14.7. The van der Waals surface area contributed by atoms with Gasteiger partial charge in [-0.2, -0.15) is 0 Å². The van der Waals surface area contributed by atoms with E-state index in [1.54, 1.807) is 10.9 Å². The summed E-state index contributed by atoms with van der Waals surface area (Å²) in [4.78, 5) is 16.6. The standard InChI is InChI=1S/C18H26N6O/c1-14-5-4-7-16(21-14)8-11-20-18(25)17-13-24(23-22-17)12-9-15-6-2-3-10-19-15/h4-5,7,13,15,19H,2-3,6,8-12H2,1H3,(H,20,25)/t15-/m0/s1. The Labute approximate surface area is 148 Å². The Morgan fingerprint density at radius 3 is 3.12 bits per heavy atom. The van der Waals surface area contributed by atoms with E-state index in [-0.39, 0.29) is 5.91 Å². The molecule has 1 aliphatic heterocycles. The number of hydrogen-bond donors (Lipinski definition) is 2. The zero-order valence-electron chi connectivity index (χ0n) is 14.7. The average molecular weight is 342 g/mol. The first-order valence-corrected chi connectivity index (χ1v) is 9.05. The lowest BCUT2D eigenvalue weighted by Crippen LogP contribution is -2.34. The molecule has 0 spiro atoms. The van der Waals surface area contributed by atoms with E-state index in [1.807, 2.05) is 25.1 Å². The summed E-state index contributed by atoms with van der Waals surface area (Å²) in [6, 6.07) is 6.46. The third kappa shape index (κ3) is 5.35. The lowest BCUT2D eigenvalue weighted by Gasteiger charge is -2.23. The van der Waals surface area contributed by atoms with Crippen LogP contribution in [0.5, 0.6) is 0 Å². The monoisotopic (exact) mass is 342 g/mol. The molecule has 2 aromatic rings. The quantitative estimate of drug-likeness (QED) is 0.796. The van der Waals surface area contributed by atoms with Crippen molar-refractivity contribution in [3.05, 3.63) is 41.5 Å². The molecule has 1 amide bonds. The summed E-state index contributed by atoms with van der Waals surface area (Å²) in [5, 5.41) is 14.4. The fourth-order valence-corrected chi connectivity index (χ4v) is 3.10. The largest absolute Gasteiger partial charge is 0.350 e. The normalized spacial score (nSPS) is 17.4. The van der Waals surface area contributed by atoms with Gasteiger partial charge in [0.15, 0.2) is 5.69 Å². The molecule has 0 unspecified atom stereocenters. The van der Waals surface area contributed by atoms with E-state index in [0.717, 1.165) is 30.9 Å². The van der Waals surface area contributed by atoms with Crippen molar-refractivity contribution in [1.82, 2.24) is 30.6 Å². The Balaban J connectivity index is 1.42. The molecule has 0 aliphatic carbocycles. The number of nitrogens with one attached hydrogen (secondary N) is 2. The lowest BCUT2D eigenvalue weighted by molar-refractivity contribution is 0.0949. The summed E-state index contributed by atoms with van der Waals surface area (Å²) in [6.07, 6.45) is 7.22. The molecule has 3 rings (SSSR count). The van der Waals surface area contributed by atoms with Gasteiger partial charge in [0.1, 0.15) is 0 Å². The highest BCUT2D eigenvalue weighted by atomic mass is 16.2. The molecular formula is C18H26N6O. The Morgan fingerprint density at radius 2 is 2.32 bits per heavy atom. The van der Waals surface area contributed by atoms with Gasteiger partial charge in [0.2, 0.25) is 0 Å². The second-order valence-electron chi connectivity index (χ2n) is 6.58. The first kappa shape index (κ1) is 17.5. The van der Waals surface area contributed by atoms with Crippen LogP contribution >= 0.6 is 0 Å². The van der Waals surface area contributed by atoms with Gasteiger partial charge in [-0.15, -0.1) is 5.10 Å². The average Bonchev–Trinajstić information content (AvgIpc) is 3.10. The number of pyridine rings is 1. The fourth-order valence-electron chi connectivity index (χ4n) is 3.10. The molecule has 134 valence electrons. The molecule has 0 bridgehead atoms. The first-order chi connectivity index (χ1) is 12.2. The van der Waals surface area contributed by atoms with Crippen molar-refractivity contribution < 1.29 is 4.79 Å². The van der Waals surface area contributed by atoms with E-state index in [4.69, 9.17) is 0 Å². The fraction of sp³-hybridized carbons (Fsp3) is 0.556. The summed E-state index contributed by atoms with van der Waals surface area (Å²) in [7, 11) is 0. The summed E-state index contributed by atoms with van der Waals surface area (Å²) < 4.78 is 1.76. The number of rotatable bonds is 7. The van der Waals surface area contributed by atoms with Crippen molar-refractivity contribution in [2.45, 2.75) is 51.6 Å². The number of carbonyl (C=O) groups excluding carboxylic acids is 1. The molecule has 2 N–H and O–H groups in total. The number of hydrogen-bond acceptors (Lipinski definition) is 5. The van der Waals surface area contributed by atoms with Crippen LogP contribution in [0.4, 0.5) is 0 Å².